The summed E-state index contributed by atoms with van der Waals surface area (Å²) in [5.41, 5.74) is 0.0588. The molecule has 2 aromatic carbocycles. The highest BCUT2D eigenvalue weighted by molar-refractivity contribution is 5.52. The summed E-state index contributed by atoms with van der Waals surface area (Å²) in [6, 6.07) is 13.5. The Hall–Kier alpha value is -2.76. The summed E-state index contributed by atoms with van der Waals surface area (Å²) in [7, 11) is 0. The third-order valence-corrected chi connectivity index (χ3v) is 2.59. The third kappa shape index (κ3) is 2.57. The van der Waals surface area contributed by atoms with Gasteiger partial charge in [-0.25, -0.2) is 0 Å². The average molecular weight is 257 g/mol. The van der Waals surface area contributed by atoms with Gasteiger partial charge in [0.2, 0.25) is 0 Å². The zero-order chi connectivity index (χ0) is 13.8. The summed E-state index contributed by atoms with van der Waals surface area (Å²) >= 11 is 0. The zero-order valence-electron chi connectivity index (χ0n) is 9.72. The molecule has 0 aromatic heterocycles. The molecule has 1 radical (unpaired) electrons. The largest absolute Gasteiger partial charge is 0.356 e. The number of nitro benzene ring substituents is 1. The number of para-hydroxylation sites is 1. The Morgan fingerprint density at radius 2 is 1.42 bits per heavy atom. The summed E-state index contributed by atoms with van der Waals surface area (Å²) in [4.78, 5) is 20.9. The maximum Gasteiger partial charge on any atom is 0.356 e. The van der Waals surface area contributed by atoms with Crippen LogP contribution in [0.3, 0.4) is 0 Å². The second-order valence-corrected chi connectivity index (χ2v) is 3.75. The number of nitrogens with zero attached hydrogens (tertiary/aromatic N) is 2. The molecule has 2 aromatic rings. The highest BCUT2D eigenvalue weighted by atomic mass is 16.6. The fourth-order valence-corrected chi connectivity index (χ4v) is 1.79. The van der Waals surface area contributed by atoms with Crippen molar-refractivity contribution in [2.45, 2.75) is 0 Å². The van der Waals surface area contributed by atoms with Gasteiger partial charge in [0.15, 0.2) is 0 Å². The van der Waals surface area contributed by atoms with Crippen molar-refractivity contribution in [2.24, 2.45) is 0 Å². The van der Waals surface area contributed by atoms with Crippen LogP contribution in [0.4, 0.5) is 5.69 Å². The topological polar surface area (TPSA) is 86.3 Å². The summed E-state index contributed by atoms with van der Waals surface area (Å²) in [5, 5.41) is 22.2. The molecule has 6 heteroatoms. The Kier molecular flexibility index (Phi) is 3.51. The molecule has 0 aliphatic carbocycles. The average Bonchev–Trinajstić information content (AvgIpc) is 2.40. The first kappa shape index (κ1) is 12.7. The predicted octanol–water partition coefficient (Wildman–Crippen LogP) is 2.80. The van der Waals surface area contributed by atoms with E-state index in [1.807, 2.05) is 0 Å². The van der Waals surface area contributed by atoms with E-state index in [0.717, 1.165) is 0 Å². The lowest BCUT2D eigenvalue weighted by Crippen LogP contribution is -2.14. The van der Waals surface area contributed by atoms with Crippen LogP contribution in [0.5, 0.6) is 0 Å². The number of hydrogen-bond donors (Lipinski definition) is 0. The van der Waals surface area contributed by atoms with Crippen LogP contribution in [-0.4, -0.2) is 9.85 Å². The molecule has 2 rings (SSSR count). The van der Waals surface area contributed by atoms with Gasteiger partial charge in [-0.1, -0.05) is 42.5 Å². The Morgan fingerprint density at radius 1 is 0.842 bits per heavy atom. The fourth-order valence-electron chi connectivity index (χ4n) is 1.79. The Morgan fingerprint density at radius 3 is 2.00 bits per heavy atom. The minimum Gasteiger partial charge on any atom is -0.263 e. The molecule has 0 saturated carbocycles. The molecule has 0 bridgehead atoms. The van der Waals surface area contributed by atoms with E-state index in [0.29, 0.717) is 5.56 Å². The van der Waals surface area contributed by atoms with Crippen LogP contribution >= 0.6 is 0 Å². The zero-order valence-corrected chi connectivity index (χ0v) is 9.72. The van der Waals surface area contributed by atoms with Crippen molar-refractivity contribution in [3.8, 4) is 0 Å². The summed E-state index contributed by atoms with van der Waals surface area (Å²) in [5.74, 6) is 0. The molecule has 95 valence electrons. The first-order valence-corrected chi connectivity index (χ1v) is 5.42. The number of benzene rings is 2. The van der Waals surface area contributed by atoms with Crippen LogP contribution in [0.25, 0.3) is 0 Å². The first-order chi connectivity index (χ1) is 9.11. The van der Waals surface area contributed by atoms with E-state index < -0.39 is 9.85 Å². The van der Waals surface area contributed by atoms with Crippen LogP contribution in [0.1, 0.15) is 11.1 Å². The predicted molar refractivity (Wildman–Crippen MR) is 68.0 cm³/mol. The van der Waals surface area contributed by atoms with Crippen LogP contribution < -0.4 is 0 Å². The minimum absolute atomic E-state index is 0.00343. The Labute approximate surface area is 108 Å². The Bertz CT molecular complexity index is 613. The second-order valence-electron chi connectivity index (χ2n) is 3.75. The SMILES string of the molecule is O=[N+]([O-])[C](c1ccccc1)c1ccccc1[N+](=O)[O-]. The quantitative estimate of drug-likeness (QED) is 0.622. The highest BCUT2D eigenvalue weighted by Gasteiger charge is 2.34. The molecule has 19 heavy (non-hydrogen) atoms. The van der Waals surface area contributed by atoms with Crippen LogP contribution in [0.15, 0.2) is 54.6 Å². The van der Waals surface area contributed by atoms with E-state index in [2.05, 4.69) is 0 Å². The molecular formula is C13H9N2O4. The van der Waals surface area contributed by atoms with Crippen molar-refractivity contribution >= 4 is 5.69 Å². The third-order valence-electron chi connectivity index (χ3n) is 2.59. The smallest absolute Gasteiger partial charge is 0.263 e. The molecule has 0 heterocycles. The van der Waals surface area contributed by atoms with Crippen molar-refractivity contribution in [3.05, 3.63) is 92.0 Å². The van der Waals surface area contributed by atoms with Crippen molar-refractivity contribution in [1.82, 2.24) is 0 Å². The first-order valence-electron chi connectivity index (χ1n) is 5.42. The van der Waals surface area contributed by atoms with Crippen molar-refractivity contribution in [1.29, 1.82) is 0 Å². The van der Waals surface area contributed by atoms with Gasteiger partial charge in [0.25, 0.3) is 5.69 Å². The van der Waals surface area contributed by atoms with Gasteiger partial charge in [-0.05, 0) is 6.07 Å². The van der Waals surface area contributed by atoms with E-state index >= 15 is 0 Å². The number of hydrogen-bond acceptors (Lipinski definition) is 4. The van der Waals surface area contributed by atoms with E-state index in [1.165, 1.54) is 24.3 Å². The number of rotatable bonds is 4. The normalized spacial score (nSPS) is 10.4. The molecule has 0 spiro atoms. The molecule has 6 nitrogen and oxygen atoms in total. The maximum absolute atomic E-state index is 11.2. The lowest BCUT2D eigenvalue weighted by atomic mass is 9.98. The lowest BCUT2D eigenvalue weighted by Gasteiger charge is -2.07. The van der Waals surface area contributed by atoms with Gasteiger partial charge < -0.3 is 0 Å². The standard InChI is InChI=1S/C13H9N2O4/c16-14(17)12-9-5-4-8-11(12)13(15(18)19)10-6-2-1-3-7-10/h1-9H. The molecule has 0 unspecified atom stereocenters. The number of nitro groups is 2. The van der Waals surface area contributed by atoms with Gasteiger partial charge in [0, 0.05) is 16.6 Å². The minimum atomic E-state index is -0.623. The lowest BCUT2D eigenvalue weighted by molar-refractivity contribution is -0.453. The second kappa shape index (κ2) is 5.26. The molecule has 0 fully saturated rings. The van der Waals surface area contributed by atoms with E-state index in [9.17, 15) is 20.2 Å². The van der Waals surface area contributed by atoms with Crippen LogP contribution in [0, 0.1) is 26.3 Å². The van der Waals surface area contributed by atoms with Crippen LogP contribution in [0.2, 0.25) is 0 Å². The molecule has 0 amide bonds. The van der Waals surface area contributed by atoms with Crippen molar-refractivity contribution < 1.29 is 9.85 Å². The molecule has 0 N–H and O–H groups in total. The van der Waals surface area contributed by atoms with Crippen molar-refractivity contribution in [2.75, 3.05) is 0 Å². The van der Waals surface area contributed by atoms with Gasteiger partial charge in [-0.3, -0.25) is 20.2 Å². The highest BCUT2D eigenvalue weighted by Crippen LogP contribution is 2.30. The summed E-state index contributed by atoms with van der Waals surface area (Å²) in [6.45, 7) is 0. The van der Waals surface area contributed by atoms with Gasteiger partial charge in [-0.15, -0.1) is 0 Å². The molecule has 0 atom stereocenters. The maximum atomic E-state index is 11.2. The Balaban J connectivity index is 2.59. The summed E-state index contributed by atoms with van der Waals surface area (Å²) < 4.78 is 0. The van der Waals surface area contributed by atoms with Crippen molar-refractivity contribution in [3.63, 3.8) is 0 Å². The fraction of sp³-hybridized carbons (Fsp3) is 0. The van der Waals surface area contributed by atoms with Gasteiger partial charge in [0.05, 0.1) is 4.92 Å². The molecule has 0 aliphatic heterocycles. The molecule has 0 saturated heterocycles. The summed E-state index contributed by atoms with van der Waals surface area (Å²) in [6.07, 6.45) is 0. The van der Waals surface area contributed by atoms with Gasteiger partial charge >= 0.3 is 6.04 Å². The molecular weight excluding hydrogens is 248 g/mol. The van der Waals surface area contributed by atoms with E-state index in [-0.39, 0.29) is 17.3 Å². The molecule has 0 aliphatic rings. The van der Waals surface area contributed by atoms with E-state index in [4.69, 9.17) is 0 Å². The van der Waals surface area contributed by atoms with Crippen LogP contribution in [-0.2, 0) is 0 Å². The van der Waals surface area contributed by atoms with Gasteiger partial charge in [0.1, 0.15) is 5.56 Å². The monoisotopic (exact) mass is 257 g/mol. The van der Waals surface area contributed by atoms with E-state index in [1.54, 1.807) is 30.3 Å². The van der Waals surface area contributed by atoms with Gasteiger partial charge in [-0.2, -0.15) is 0 Å².